The first-order chi connectivity index (χ1) is 10.1. The van der Waals surface area contributed by atoms with Crippen LogP contribution in [0.3, 0.4) is 0 Å². The van der Waals surface area contributed by atoms with Crippen molar-refractivity contribution in [3.05, 3.63) is 70.8 Å². The van der Waals surface area contributed by atoms with Crippen molar-refractivity contribution in [1.82, 2.24) is 0 Å². The lowest BCUT2D eigenvalue weighted by Crippen LogP contribution is -2.28. The van der Waals surface area contributed by atoms with Crippen LogP contribution in [-0.4, -0.2) is 11.8 Å². The fourth-order valence-corrected chi connectivity index (χ4v) is 2.41. The highest BCUT2D eigenvalue weighted by atomic mass is 35.5. The van der Waals surface area contributed by atoms with Gasteiger partial charge in [-0.05, 0) is 35.9 Å². The Morgan fingerprint density at radius 2 is 1.62 bits per heavy atom. The van der Waals surface area contributed by atoms with E-state index in [2.05, 4.69) is 0 Å². The van der Waals surface area contributed by atoms with Crippen LogP contribution in [0.4, 0.5) is 5.69 Å². The Labute approximate surface area is 127 Å². The number of para-hydroxylation sites is 1. The van der Waals surface area contributed by atoms with Gasteiger partial charge in [-0.1, -0.05) is 41.9 Å². The van der Waals surface area contributed by atoms with Crippen molar-refractivity contribution in [1.29, 1.82) is 0 Å². The number of anilines is 1. The van der Waals surface area contributed by atoms with Crippen molar-refractivity contribution in [3.8, 4) is 0 Å². The van der Waals surface area contributed by atoms with E-state index in [4.69, 9.17) is 11.6 Å². The lowest BCUT2D eigenvalue weighted by atomic mass is 10.1. The van der Waals surface area contributed by atoms with E-state index in [9.17, 15) is 9.59 Å². The quantitative estimate of drug-likeness (QED) is 0.626. The Balaban J connectivity index is 1.92. The summed E-state index contributed by atoms with van der Waals surface area (Å²) in [5.41, 5.74) is 1.95. The standard InChI is InChI=1S/C17H12ClNO2/c18-14-8-6-12(7-9-14)10-13-11-16(20)19(17(13)21)15-4-2-1-3-5-15/h1-10H,11H2/b13-10+. The van der Waals surface area contributed by atoms with Gasteiger partial charge in [-0.15, -0.1) is 0 Å². The number of carbonyl (C=O) groups is 2. The maximum Gasteiger partial charge on any atom is 0.261 e. The van der Waals surface area contributed by atoms with Crippen LogP contribution < -0.4 is 4.90 Å². The number of hydrogen-bond acceptors (Lipinski definition) is 2. The highest BCUT2D eigenvalue weighted by Crippen LogP contribution is 2.27. The first-order valence-electron chi connectivity index (χ1n) is 6.53. The van der Waals surface area contributed by atoms with Crippen LogP contribution in [0.1, 0.15) is 12.0 Å². The van der Waals surface area contributed by atoms with Gasteiger partial charge in [-0.25, -0.2) is 4.90 Å². The molecule has 0 unspecified atom stereocenters. The zero-order valence-corrected chi connectivity index (χ0v) is 11.9. The molecule has 2 amide bonds. The lowest BCUT2D eigenvalue weighted by molar-refractivity contribution is -0.120. The molecule has 104 valence electrons. The number of imide groups is 1. The van der Waals surface area contributed by atoms with Crippen molar-refractivity contribution in [2.75, 3.05) is 4.90 Å². The van der Waals surface area contributed by atoms with Gasteiger partial charge in [0.05, 0.1) is 12.1 Å². The molecule has 21 heavy (non-hydrogen) atoms. The topological polar surface area (TPSA) is 37.4 Å². The summed E-state index contributed by atoms with van der Waals surface area (Å²) >= 11 is 5.83. The van der Waals surface area contributed by atoms with Gasteiger partial charge in [0, 0.05) is 10.6 Å². The van der Waals surface area contributed by atoms with Gasteiger partial charge < -0.3 is 0 Å². The summed E-state index contributed by atoms with van der Waals surface area (Å²) in [5.74, 6) is -0.465. The minimum atomic E-state index is -0.263. The Kier molecular flexibility index (Phi) is 3.59. The summed E-state index contributed by atoms with van der Waals surface area (Å²) in [4.78, 5) is 25.7. The third-order valence-electron chi connectivity index (χ3n) is 3.29. The van der Waals surface area contributed by atoms with E-state index in [1.807, 2.05) is 18.2 Å². The van der Waals surface area contributed by atoms with Crippen molar-refractivity contribution in [3.63, 3.8) is 0 Å². The third-order valence-corrected chi connectivity index (χ3v) is 3.55. The summed E-state index contributed by atoms with van der Waals surface area (Å²) in [6, 6.07) is 16.1. The minimum absolute atomic E-state index is 0.121. The van der Waals surface area contributed by atoms with Gasteiger partial charge >= 0.3 is 0 Å². The monoisotopic (exact) mass is 297 g/mol. The molecular weight excluding hydrogens is 286 g/mol. The van der Waals surface area contributed by atoms with Crippen LogP contribution in [-0.2, 0) is 9.59 Å². The van der Waals surface area contributed by atoms with Crippen LogP contribution >= 0.6 is 11.6 Å². The summed E-state index contributed by atoms with van der Waals surface area (Å²) in [6.07, 6.45) is 1.86. The number of halogens is 1. The minimum Gasteiger partial charge on any atom is -0.274 e. The number of amides is 2. The molecule has 3 nitrogen and oxygen atoms in total. The number of carbonyl (C=O) groups excluding carboxylic acids is 2. The van der Waals surface area contributed by atoms with Crippen LogP contribution in [0.25, 0.3) is 6.08 Å². The predicted octanol–water partition coefficient (Wildman–Crippen LogP) is 3.69. The Morgan fingerprint density at radius 3 is 2.29 bits per heavy atom. The maximum absolute atomic E-state index is 12.4. The van der Waals surface area contributed by atoms with Gasteiger partial charge in [0.2, 0.25) is 5.91 Å². The van der Waals surface area contributed by atoms with E-state index in [-0.39, 0.29) is 18.2 Å². The fraction of sp³-hybridized carbons (Fsp3) is 0.0588. The van der Waals surface area contributed by atoms with Gasteiger partial charge in [0.25, 0.3) is 5.91 Å². The van der Waals surface area contributed by atoms with Crippen LogP contribution in [0.5, 0.6) is 0 Å². The molecule has 0 aromatic heterocycles. The van der Waals surface area contributed by atoms with Gasteiger partial charge in [0.1, 0.15) is 0 Å². The molecule has 4 heteroatoms. The van der Waals surface area contributed by atoms with Crippen LogP contribution in [0, 0.1) is 0 Å². The molecule has 1 saturated heterocycles. The summed E-state index contributed by atoms with van der Waals surface area (Å²) in [7, 11) is 0. The average molecular weight is 298 g/mol. The largest absolute Gasteiger partial charge is 0.274 e. The molecule has 0 N–H and O–H groups in total. The molecule has 1 fully saturated rings. The van der Waals surface area contributed by atoms with Crippen molar-refractivity contribution < 1.29 is 9.59 Å². The molecule has 0 saturated carbocycles. The Bertz CT molecular complexity index is 720. The first kappa shape index (κ1) is 13.6. The number of nitrogens with zero attached hydrogens (tertiary/aromatic N) is 1. The first-order valence-corrected chi connectivity index (χ1v) is 6.91. The molecular formula is C17H12ClNO2. The smallest absolute Gasteiger partial charge is 0.261 e. The molecule has 0 bridgehead atoms. The number of rotatable bonds is 2. The van der Waals surface area contributed by atoms with E-state index in [0.29, 0.717) is 16.3 Å². The molecule has 0 spiro atoms. The maximum atomic E-state index is 12.4. The highest BCUT2D eigenvalue weighted by Gasteiger charge is 2.34. The fourth-order valence-electron chi connectivity index (χ4n) is 2.29. The number of benzene rings is 2. The van der Waals surface area contributed by atoms with Crippen molar-refractivity contribution >= 4 is 35.2 Å². The molecule has 0 atom stereocenters. The van der Waals surface area contributed by atoms with Crippen molar-refractivity contribution in [2.45, 2.75) is 6.42 Å². The zero-order valence-electron chi connectivity index (χ0n) is 11.1. The molecule has 1 heterocycles. The van der Waals surface area contributed by atoms with E-state index >= 15 is 0 Å². The molecule has 2 aromatic carbocycles. The number of hydrogen-bond donors (Lipinski definition) is 0. The summed E-state index contributed by atoms with van der Waals surface area (Å²) in [6.45, 7) is 0. The molecule has 3 rings (SSSR count). The molecule has 0 aliphatic carbocycles. The third kappa shape index (κ3) is 2.73. The summed E-state index contributed by atoms with van der Waals surface area (Å²) in [5, 5.41) is 0.636. The molecule has 1 aliphatic heterocycles. The Hall–Kier alpha value is -2.39. The molecule has 1 aliphatic rings. The van der Waals surface area contributed by atoms with Crippen LogP contribution in [0.15, 0.2) is 60.2 Å². The van der Waals surface area contributed by atoms with Crippen molar-refractivity contribution in [2.24, 2.45) is 0 Å². The van der Waals surface area contributed by atoms with Gasteiger partial charge in [-0.2, -0.15) is 0 Å². The Morgan fingerprint density at radius 1 is 0.952 bits per heavy atom. The van der Waals surface area contributed by atoms with E-state index in [1.54, 1.807) is 42.5 Å². The molecule has 2 aromatic rings. The van der Waals surface area contributed by atoms with E-state index in [0.717, 1.165) is 5.56 Å². The SMILES string of the molecule is O=C1C/C(=C\c2ccc(Cl)cc2)C(=O)N1c1ccccc1. The van der Waals surface area contributed by atoms with Gasteiger partial charge in [-0.3, -0.25) is 9.59 Å². The van der Waals surface area contributed by atoms with E-state index < -0.39 is 0 Å². The zero-order chi connectivity index (χ0) is 14.8. The average Bonchev–Trinajstić information content (AvgIpc) is 2.77. The van der Waals surface area contributed by atoms with Gasteiger partial charge in [0.15, 0.2) is 0 Å². The second kappa shape index (κ2) is 5.54. The van der Waals surface area contributed by atoms with E-state index in [1.165, 1.54) is 4.90 Å². The highest BCUT2D eigenvalue weighted by molar-refractivity contribution is 6.31. The lowest BCUT2D eigenvalue weighted by Gasteiger charge is -2.12. The van der Waals surface area contributed by atoms with Crippen LogP contribution in [0.2, 0.25) is 5.02 Å². The predicted molar refractivity (Wildman–Crippen MR) is 83.0 cm³/mol. The molecule has 0 radical (unpaired) electrons. The second-order valence-electron chi connectivity index (χ2n) is 4.77. The summed E-state index contributed by atoms with van der Waals surface area (Å²) < 4.78 is 0. The normalized spacial score (nSPS) is 16.8. The second-order valence-corrected chi connectivity index (χ2v) is 5.20.